The number of hydrogen-bond donors (Lipinski definition) is 6. The first kappa shape index (κ1) is 71.1. The second-order valence-electron chi connectivity index (χ2n) is 27.6. The molecule has 12 rings (SSSR count). The third-order valence-corrected chi connectivity index (χ3v) is 23.6. The number of esters is 1. The van der Waals surface area contributed by atoms with Gasteiger partial charge in [-0.1, -0.05) is 99.9 Å². The van der Waals surface area contributed by atoms with Crippen LogP contribution in [0.1, 0.15) is 140 Å². The summed E-state index contributed by atoms with van der Waals surface area (Å²) in [7, 11) is -9.04. The normalized spacial score (nSPS) is 17.7. The minimum absolute atomic E-state index is 0.100. The number of rotatable bonds is 21. The van der Waals surface area contributed by atoms with Gasteiger partial charge in [0, 0.05) is 73.1 Å². The summed E-state index contributed by atoms with van der Waals surface area (Å²) in [6, 6.07) is 28.0. The fourth-order valence-corrected chi connectivity index (χ4v) is 17.0. The summed E-state index contributed by atoms with van der Waals surface area (Å²) < 4.78 is 51.3. The first-order valence-corrected chi connectivity index (χ1v) is 38.9. The van der Waals surface area contributed by atoms with Gasteiger partial charge in [0.1, 0.15) is 29.7 Å². The largest absolute Gasteiger partial charge is 0.460 e. The number of carbonyl (C=O) groups excluding carboxylic acids is 6. The van der Waals surface area contributed by atoms with Crippen LogP contribution >= 0.6 is 30.3 Å². The third kappa shape index (κ3) is 16.4. The number of amides is 5. The Morgan fingerprint density at radius 3 is 2.24 bits per heavy atom. The molecule has 3 fully saturated rings. The topological polar surface area (TPSA) is 318 Å². The van der Waals surface area contributed by atoms with Crippen molar-refractivity contribution in [3.05, 3.63) is 154 Å². The first-order valence-electron chi connectivity index (χ1n) is 33.9. The van der Waals surface area contributed by atoms with E-state index in [4.69, 9.17) is 14.8 Å². The predicted molar refractivity (Wildman–Crippen MR) is 383 cm³/mol. The van der Waals surface area contributed by atoms with Gasteiger partial charge in [0.2, 0.25) is 17.7 Å². The van der Waals surface area contributed by atoms with Gasteiger partial charge in [-0.25, -0.2) is 28.1 Å². The van der Waals surface area contributed by atoms with Crippen LogP contribution in [-0.2, 0) is 58.0 Å². The predicted octanol–water partition coefficient (Wildman–Crippen LogP) is 10.5. The standard InChI is InChI=1S/C72H83N12O12PS3/c1-43(47-19-21-49(22-20-47)64-44(2)73-42-98-64)75-68(88)59-37-52(96-62(85)32-36-97(91,92)93)40-83(59)70(90)65(72(4,5)6)78-66(86)50-30-33-81(34-31-50)51-23-25-53(26-24-51)100(94,95)80-69(89)63-54(56-38-74-84(45(56)3)39-46-13-8-7-9-14-46)27-28-61(77-63)82-35-29-48-15-12-16-55(57(48)41-82)67(87)79-71-76-58-17-10-11-18-60(58)99-71/h10-12,15-28,38,42-43,46,50,52,59,65H,7-9,13-14,29-37,39-41H2,1-6H3,(H,75,88)(H,78,86)(H,80,89)(H,76,79,87)(H2,91,92,93)/t43-,52+,59-,65+/m0/s1. The summed E-state index contributed by atoms with van der Waals surface area (Å²) in [5, 5.41) is 14.3. The molecule has 4 aromatic carbocycles. The Hall–Kier alpha value is -8.72. The number of ether oxygens (including phenoxy) is 1. The third-order valence-electron chi connectivity index (χ3n) is 19.5. The molecule has 4 aromatic heterocycles. The number of aryl methyl sites for hydroxylation is 1. The molecule has 7 heterocycles. The Morgan fingerprint density at radius 1 is 0.800 bits per heavy atom. The molecule has 2 saturated heterocycles. The van der Waals surface area contributed by atoms with Gasteiger partial charge in [-0.05, 0) is 141 Å². The maximum absolute atomic E-state index is 14.9. The number of nitrogens with one attached hydrogen (secondary N) is 4. The van der Waals surface area contributed by atoms with E-state index in [9.17, 15) is 51.5 Å². The minimum Gasteiger partial charge on any atom is -0.460 e. The zero-order valence-corrected chi connectivity index (χ0v) is 60.0. The number of para-hydroxylation sites is 1. The lowest BCUT2D eigenvalue weighted by Crippen LogP contribution is -2.59. The molecule has 3 aliphatic heterocycles. The van der Waals surface area contributed by atoms with E-state index in [0.29, 0.717) is 78.1 Å². The van der Waals surface area contributed by atoms with Crippen molar-refractivity contribution >= 4 is 103 Å². The zero-order valence-electron chi connectivity index (χ0n) is 56.7. The number of pyridine rings is 1. The highest BCUT2D eigenvalue weighted by atomic mass is 32.2. The second kappa shape index (κ2) is 29.8. The highest BCUT2D eigenvalue weighted by molar-refractivity contribution is 7.90. The van der Waals surface area contributed by atoms with Gasteiger partial charge in [0.15, 0.2) is 5.13 Å². The molecule has 1 saturated carbocycles. The Labute approximate surface area is 588 Å². The maximum Gasteiger partial charge on any atom is 0.326 e. The average molecular weight is 1440 g/mol. The van der Waals surface area contributed by atoms with E-state index in [-0.39, 0.29) is 41.9 Å². The number of benzene rings is 4. The molecule has 24 nitrogen and oxygen atoms in total. The first-order chi connectivity index (χ1) is 47.7. The van der Waals surface area contributed by atoms with Crippen LogP contribution in [0.5, 0.6) is 0 Å². The van der Waals surface area contributed by atoms with Crippen LogP contribution in [0.25, 0.3) is 31.8 Å². The molecule has 8 aromatic rings. The SMILES string of the molecule is Cc1ncsc1-c1ccc([C@H](C)NC(=O)[C@@H]2C[C@@H](OC(=O)CCP(=O)(O)O)CN2C(=O)[C@@H](NC(=O)C2CCN(c3ccc(S(=O)(=O)NC(=O)c4nc(N5CCc6cccc(C(=O)Nc7nc8ccccc8s7)c6C5)ccc4-c4cnn(CC5CCCCC5)c4C)cc3)CC2)C(C)(C)C)cc1. The lowest BCUT2D eigenvalue weighted by Gasteiger charge is -2.37. The summed E-state index contributed by atoms with van der Waals surface area (Å²) in [6.07, 6.45) is 6.36. The lowest BCUT2D eigenvalue weighted by atomic mass is 9.84. The number of hydrogen-bond acceptors (Lipinski definition) is 18. The van der Waals surface area contributed by atoms with Crippen molar-refractivity contribution in [3.8, 4) is 21.6 Å². The molecular formula is C72H83N12O12PS3. The summed E-state index contributed by atoms with van der Waals surface area (Å²) in [6.45, 7) is 13.2. The van der Waals surface area contributed by atoms with Crippen molar-refractivity contribution in [2.24, 2.45) is 17.3 Å². The van der Waals surface area contributed by atoms with Crippen LogP contribution in [-0.4, -0.2) is 134 Å². The number of piperidine rings is 1. The molecule has 0 spiro atoms. The van der Waals surface area contributed by atoms with Gasteiger partial charge in [-0.2, -0.15) is 5.10 Å². The number of fused-ring (bicyclic) bond motifs is 2. The molecule has 4 aliphatic rings. The van der Waals surface area contributed by atoms with Crippen molar-refractivity contribution in [1.82, 2.24) is 45.0 Å². The molecule has 526 valence electrons. The van der Waals surface area contributed by atoms with Crippen molar-refractivity contribution < 1.29 is 56.3 Å². The second-order valence-corrected chi connectivity index (χ2v) is 32.9. The summed E-state index contributed by atoms with van der Waals surface area (Å²) >= 11 is 2.91. The van der Waals surface area contributed by atoms with Crippen LogP contribution in [0.15, 0.2) is 120 Å². The van der Waals surface area contributed by atoms with E-state index in [2.05, 4.69) is 30.6 Å². The number of anilines is 3. The molecule has 0 radical (unpaired) electrons. The maximum atomic E-state index is 14.9. The highest BCUT2D eigenvalue weighted by Gasteiger charge is 2.47. The van der Waals surface area contributed by atoms with E-state index in [1.54, 1.807) is 56.7 Å². The molecule has 5 amide bonds. The number of nitrogens with zero attached hydrogens (tertiary/aromatic N) is 8. The summed E-state index contributed by atoms with van der Waals surface area (Å²) in [5.41, 5.74) is 9.07. The molecule has 1 aliphatic carbocycles. The smallest absolute Gasteiger partial charge is 0.326 e. The van der Waals surface area contributed by atoms with Gasteiger partial charge in [-0.3, -0.25) is 43.3 Å². The number of thiazole rings is 2. The van der Waals surface area contributed by atoms with E-state index in [0.717, 1.165) is 81.0 Å². The molecular weight excluding hydrogens is 1350 g/mol. The number of sulfonamides is 1. The van der Waals surface area contributed by atoms with E-state index < -0.39 is 89.5 Å². The van der Waals surface area contributed by atoms with Crippen molar-refractivity contribution in [1.29, 1.82) is 0 Å². The van der Waals surface area contributed by atoms with E-state index in [1.165, 1.54) is 46.1 Å². The van der Waals surface area contributed by atoms with Crippen LogP contribution in [0, 0.1) is 31.1 Å². The monoisotopic (exact) mass is 1430 g/mol. The van der Waals surface area contributed by atoms with Gasteiger partial charge in [0.25, 0.3) is 21.8 Å². The fraction of sp³-hybridized carbons (Fsp3) is 0.417. The Morgan fingerprint density at radius 2 is 1.54 bits per heavy atom. The molecule has 28 heteroatoms. The van der Waals surface area contributed by atoms with Crippen molar-refractivity contribution in [3.63, 3.8) is 0 Å². The van der Waals surface area contributed by atoms with Gasteiger partial charge in [0.05, 0.1) is 62.6 Å². The molecule has 100 heavy (non-hydrogen) atoms. The molecule has 6 N–H and O–H groups in total. The van der Waals surface area contributed by atoms with E-state index >= 15 is 0 Å². The van der Waals surface area contributed by atoms with Crippen LogP contribution in [0.3, 0.4) is 0 Å². The highest BCUT2D eigenvalue weighted by Crippen LogP contribution is 2.38. The number of likely N-dealkylation sites (tertiary alicyclic amines) is 1. The Bertz CT molecular complexity index is 4520. The molecule has 0 unspecified atom stereocenters. The average Bonchev–Trinajstić information content (AvgIpc) is 1.24. The number of carbonyl (C=O) groups is 6. The molecule has 0 bridgehead atoms. The molecule has 4 atom stereocenters. The Balaban J connectivity index is 0.712. The minimum atomic E-state index is -4.53. The number of aromatic nitrogens is 5. The van der Waals surface area contributed by atoms with Gasteiger partial charge in [-0.15, -0.1) is 11.3 Å². The summed E-state index contributed by atoms with van der Waals surface area (Å²) in [4.78, 5) is 124. The quantitative estimate of drug-likeness (QED) is 0.0288. The van der Waals surface area contributed by atoms with Crippen LogP contribution < -0.4 is 30.5 Å². The van der Waals surface area contributed by atoms with Crippen molar-refractivity contribution in [2.75, 3.05) is 47.5 Å². The lowest BCUT2D eigenvalue weighted by molar-refractivity contribution is -0.149. The van der Waals surface area contributed by atoms with Crippen LogP contribution in [0.4, 0.5) is 16.6 Å². The van der Waals surface area contributed by atoms with Gasteiger partial charge < -0.3 is 39.9 Å². The van der Waals surface area contributed by atoms with Gasteiger partial charge >= 0.3 is 13.6 Å². The zero-order chi connectivity index (χ0) is 70.8. The van der Waals surface area contributed by atoms with Crippen molar-refractivity contribution in [2.45, 2.75) is 148 Å². The van der Waals surface area contributed by atoms with E-state index in [1.807, 2.05) is 102 Å². The summed E-state index contributed by atoms with van der Waals surface area (Å²) in [5.74, 6) is -3.26. The van der Waals surface area contributed by atoms with Crippen LogP contribution in [0.2, 0.25) is 0 Å². The Kier molecular flexibility index (Phi) is 21.2. The fourth-order valence-electron chi connectivity index (χ4n) is 13.9.